The highest BCUT2D eigenvalue weighted by Gasteiger charge is 2.09. The van der Waals surface area contributed by atoms with Gasteiger partial charge in [0.05, 0.1) is 0 Å². The van der Waals surface area contributed by atoms with Crippen LogP contribution in [0.2, 0.25) is 5.02 Å². The van der Waals surface area contributed by atoms with Crippen molar-refractivity contribution in [3.05, 3.63) is 58.1 Å². The van der Waals surface area contributed by atoms with Gasteiger partial charge < -0.3 is 10.5 Å². The number of ether oxygens (including phenoxy) is 1. The largest absolute Gasteiger partial charge is 0.457 e. The van der Waals surface area contributed by atoms with Gasteiger partial charge in [0.1, 0.15) is 11.5 Å². The molecule has 0 amide bonds. The summed E-state index contributed by atoms with van der Waals surface area (Å²) < 4.78 is 6.01. The quantitative estimate of drug-likeness (QED) is 0.890. The second-order valence-electron chi connectivity index (χ2n) is 5.36. The Morgan fingerprint density at radius 1 is 1.10 bits per heavy atom. The molecule has 0 aromatic heterocycles. The van der Waals surface area contributed by atoms with Gasteiger partial charge in [0.15, 0.2) is 0 Å². The number of halogens is 1. The Balaban J connectivity index is 2.33. The number of hydrogen-bond donors (Lipinski definition) is 1. The number of nitrogens with two attached hydrogens (primary N) is 1. The van der Waals surface area contributed by atoms with Crippen LogP contribution in [0.3, 0.4) is 0 Å². The van der Waals surface area contributed by atoms with E-state index < -0.39 is 0 Å². The van der Waals surface area contributed by atoms with Gasteiger partial charge in [-0.3, -0.25) is 0 Å². The summed E-state index contributed by atoms with van der Waals surface area (Å²) in [7, 11) is 0. The van der Waals surface area contributed by atoms with Gasteiger partial charge in [0, 0.05) is 11.1 Å². The molecule has 1 unspecified atom stereocenters. The van der Waals surface area contributed by atoms with Crippen molar-refractivity contribution < 1.29 is 4.74 Å². The monoisotopic (exact) mass is 289 g/mol. The molecule has 1 atom stereocenters. The summed E-state index contributed by atoms with van der Waals surface area (Å²) in [6.45, 7) is 6.09. The number of hydrogen-bond acceptors (Lipinski definition) is 2. The van der Waals surface area contributed by atoms with Crippen molar-refractivity contribution >= 4 is 11.6 Å². The van der Waals surface area contributed by atoms with Crippen LogP contribution in [0.15, 0.2) is 36.4 Å². The van der Waals surface area contributed by atoms with E-state index in [4.69, 9.17) is 22.1 Å². The van der Waals surface area contributed by atoms with Crippen LogP contribution in [-0.4, -0.2) is 6.04 Å². The Labute approximate surface area is 125 Å². The van der Waals surface area contributed by atoms with Gasteiger partial charge in [-0.1, -0.05) is 23.7 Å². The Kier molecular flexibility index (Phi) is 4.69. The van der Waals surface area contributed by atoms with Gasteiger partial charge in [0.25, 0.3) is 0 Å². The first-order chi connectivity index (χ1) is 9.44. The molecule has 0 aliphatic heterocycles. The van der Waals surface area contributed by atoms with Crippen molar-refractivity contribution in [1.29, 1.82) is 0 Å². The van der Waals surface area contributed by atoms with Crippen LogP contribution < -0.4 is 10.5 Å². The molecule has 0 saturated carbocycles. The summed E-state index contributed by atoms with van der Waals surface area (Å²) in [5, 5.41) is 0.665. The van der Waals surface area contributed by atoms with E-state index in [1.165, 1.54) is 11.1 Å². The molecule has 2 aromatic carbocycles. The van der Waals surface area contributed by atoms with E-state index in [1.54, 1.807) is 0 Å². The maximum atomic E-state index is 6.07. The lowest BCUT2D eigenvalue weighted by molar-refractivity contribution is 0.473. The molecule has 0 aliphatic rings. The Morgan fingerprint density at radius 2 is 1.75 bits per heavy atom. The molecule has 106 valence electrons. The van der Waals surface area contributed by atoms with E-state index in [0.29, 0.717) is 5.02 Å². The van der Waals surface area contributed by atoms with Crippen LogP contribution in [0.1, 0.15) is 23.6 Å². The van der Waals surface area contributed by atoms with E-state index in [2.05, 4.69) is 19.9 Å². The Morgan fingerprint density at radius 3 is 2.35 bits per heavy atom. The third-order valence-corrected chi connectivity index (χ3v) is 3.23. The van der Waals surface area contributed by atoms with Crippen molar-refractivity contribution in [3.63, 3.8) is 0 Å². The molecule has 3 heteroatoms. The van der Waals surface area contributed by atoms with Crippen LogP contribution >= 0.6 is 11.6 Å². The zero-order valence-corrected chi connectivity index (χ0v) is 12.9. The summed E-state index contributed by atoms with van der Waals surface area (Å²) >= 11 is 6.07. The fourth-order valence-corrected chi connectivity index (χ4v) is 2.42. The highest BCUT2D eigenvalue weighted by Crippen LogP contribution is 2.30. The third kappa shape index (κ3) is 3.99. The molecule has 0 fully saturated rings. The second-order valence-corrected chi connectivity index (χ2v) is 5.80. The molecule has 0 saturated heterocycles. The maximum Gasteiger partial charge on any atom is 0.132 e. The minimum absolute atomic E-state index is 0.0813. The third-order valence-electron chi connectivity index (χ3n) is 2.99. The first-order valence-electron chi connectivity index (χ1n) is 6.74. The van der Waals surface area contributed by atoms with Gasteiger partial charge in [-0.05, 0) is 68.1 Å². The molecule has 0 heterocycles. The van der Waals surface area contributed by atoms with Crippen molar-refractivity contribution in [1.82, 2.24) is 0 Å². The molecule has 2 N–H and O–H groups in total. The van der Waals surface area contributed by atoms with Gasteiger partial charge in [-0.2, -0.15) is 0 Å². The van der Waals surface area contributed by atoms with Crippen molar-refractivity contribution in [2.45, 2.75) is 33.2 Å². The smallest absolute Gasteiger partial charge is 0.132 e. The zero-order valence-electron chi connectivity index (χ0n) is 12.1. The SMILES string of the molecule is Cc1cc(C)cc(Oc2cc(Cl)ccc2CC(C)N)c1. The van der Waals surface area contributed by atoms with Crippen LogP contribution in [-0.2, 0) is 6.42 Å². The molecule has 2 rings (SSSR count). The first kappa shape index (κ1) is 14.9. The number of aryl methyl sites for hydroxylation is 2. The summed E-state index contributed by atoms with van der Waals surface area (Å²) in [4.78, 5) is 0. The fourth-order valence-electron chi connectivity index (χ4n) is 2.26. The average molecular weight is 290 g/mol. The lowest BCUT2D eigenvalue weighted by Gasteiger charge is -2.14. The van der Waals surface area contributed by atoms with E-state index >= 15 is 0 Å². The van der Waals surface area contributed by atoms with E-state index in [9.17, 15) is 0 Å². The predicted octanol–water partition coefficient (Wildman–Crippen LogP) is 4.64. The highest BCUT2D eigenvalue weighted by atomic mass is 35.5. The minimum atomic E-state index is 0.0813. The molecular formula is C17H20ClNO. The lowest BCUT2D eigenvalue weighted by Crippen LogP contribution is -2.18. The topological polar surface area (TPSA) is 35.2 Å². The van der Waals surface area contributed by atoms with Crippen LogP contribution in [0.25, 0.3) is 0 Å². The van der Waals surface area contributed by atoms with Gasteiger partial charge in [0.2, 0.25) is 0 Å². The Hall–Kier alpha value is -1.51. The van der Waals surface area contributed by atoms with Crippen LogP contribution in [0.4, 0.5) is 0 Å². The predicted molar refractivity (Wildman–Crippen MR) is 84.8 cm³/mol. The first-order valence-corrected chi connectivity index (χ1v) is 7.12. The van der Waals surface area contributed by atoms with Crippen LogP contribution in [0, 0.1) is 13.8 Å². The fraction of sp³-hybridized carbons (Fsp3) is 0.294. The molecular weight excluding hydrogens is 270 g/mol. The summed E-state index contributed by atoms with van der Waals surface area (Å²) in [6, 6.07) is 11.9. The van der Waals surface area contributed by atoms with E-state index in [1.807, 2.05) is 37.3 Å². The van der Waals surface area contributed by atoms with Gasteiger partial charge >= 0.3 is 0 Å². The standard InChI is InChI=1S/C17H20ClNO/c1-11-6-12(2)8-16(7-11)20-17-10-15(18)5-4-14(17)9-13(3)19/h4-8,10,13H,9,19H2,1-3H3. The van der Waals surface area contributed by atoms with Crippen LogP contribution in [0.5, 0.6) is 11.5 Å². The normalized spacial score (nSPS) is 12.2. The van der Waals surface area contributed by atoms with E-state index in [0.717, 1.165) is 23.5 Å². The highest BCUT2D eigenvalue weighted by molar-refractivity contribution is 6.30. The molecule has 0 aliphatic carbocycles. The maximum absolute atomic E-state index is 6.07. The van der Waals surface area contributed by atoms with Gasteiger partial charge in [-0.25, -0.2) is 0 Å². The number of rotatable bonds is 4. The second kappa shape index (κ2) is 6.29. The summed E-state index contributed by atoms with van der Waals surface area (Å²) in [5.74, 6) is 1.61. The average Bonchev–Trinajstić information content (AvgIpc) is 2.31. The zero-order chi connectivity index (χ0) is 14.7. The Bertz CT molecular complexity index is 588. The van der Waals surface area contributed by atoms with E-state index in [-0.39, 0.29) is 6.04 Å². The van der Waals surface area contributed by atoms with Crippen molar-refractivity contribution in [2.75, 3.05) is 0 Å². The molecule has 2 nitrogen and oxygen atoms in total. The molecule has 2 aromatic rings. The molecule has 20 heavy (non-hydrogen) atoms. The lowest BCUT2D eigenvalue weighted by atomic mass is 10.1. The molecule has 0 radical (unpaired) electrons. The minimum Gasteiger partial charge on any atom is -0.457 e. The molecule has 0 bridgehead atoms. The number of benzene rings is 2. The van der Waals surface area contributed by atoms with Crippen molar-refractivity contribution in [3.8, 4) is 11.5 Å². The summed E-state index contributed by atoms with van der Waals surface area (Å²) in [5.41, 5.74) is 9.31. The molecule has 0 spiro atoms. The van der Waals surface area contributed by atoms with Gasteiger partial charge in [-0.15, -0.1) is 0 Å². The summed E-state index contributed by atoms with van der Waals surface area (Å²) in [6.07, 6.45) is 0.761. The van der Waals surface area contributed by atoms with Crippen molar-refractivity contribution in [2.24, 2.45) is 5.73 Å².